The second-order valence-corrected chi connectivity index (χ2v) is 5.92. The zero-order valence-corrected chi connectivity index (χ0v) is 17.8. The number of carboxylic acids is 1. The van der Waals surface area contributed by atoms with Gasteiger partial charge < -0.3 is 29.5 Å². The Morgan fingerprint density at radius 3 is 1.26 bits per heavy atom. The monoisotopic (exact) mass is 396 g/mol. The Hall–Kier alpha value is -0.730. The van der Waals surface area contributed by atoms with E-state index in [4.69, 9.17) is 34.3 Å². The zero-order chi connectivity index (χ0) is 21.0. The first kappa shape index (κ1) is 31.0. The standard InChI is InChI=1S/C12H26O.C6H14O4.C2H4O2/c1-3-5-7-9-11-13-12-10-8-6-4-2;7-1-3-9-5-6-10-4-2-8;1-2(3)4/h3-12H2,1-2H3;7-8H,1-6H2;1H3,(H,3,4). The van der Waals surface area contributed by atoms with Crippen molar-refractivity contribution in [3.63, 3.8) is 0 Å². The van der Waals surface area contributed by atoms with E-state index < -0.39 is 5.97 Å². The van der Waals surface area contributed by atoms with Gasteiger partial charge in [-0.2, -0.15) is 0 Å². The van der Waals surface area contributed by atoms with E-state index in [-0.39, 0.29) is 13.2 Å². The molecule has 0 aliphatic rings. The molecule has 0 aromatic heterocycles. The minimum absolute atomic E-state index is 0.0417. The number of hydrogen-bond acceptors (Lipinski definition) is 6. The van der Waals surface area contributed by atoms with Crippen molar-refractivity contribution in [2.45, 2.75) is 72.1 Å². The number of hydrogen-bond donors (Lipinski definition) is 3. The summed E-state index contributed by atoms with van der Waals surface area (Å²) in [6.07, 6.45) is 10.5. The number of carboxylic acid groups (broad SMARTS) is 1. The molecule has 0 unspecified atom stereocenters. The van der Waals surface area contributed by atoms with Crippen molar-refractivity contribution in [2.24, 2.45) is 0 Å². The Bertz CT molecular complexity index is 228. The highest BCUT2D eigenvalue weighted by atomic mass is 16.5. The molecule has 3 N–H and O–H groups in total. The average Bonchev–Trinajstić information content (AvgIpc) is 2.63. The quantitative estimate of drug-likeness (QED) is 0.324. The largest absolute Gasteiger partial charge is 0.481 e. The molecule has 0 heterocycles. The molecule has 0 bridgehead atoms. The summed E-state index contributed by atoms with van der Waals surface area (Å²) in [7, 11) is 0. The lowest BCUT2D eigenvalue weighted by atomic mass is 10.2. The highest BCUT2D eigenvalue weighted by Crippen LogP contribution is 2.01. The molecule has 0 aliphatic heterocycles. The van der Waals surface area contributed by atoms with Crippen LogP contribution >= 0.6 is 0 Å². The number of rotatable bonds is 17. The van der Waals surface area contributed by atoms with Crippen molar-refractivity contribution in [3.8, 4) is 0 Å². The molecule has 27 heavy (non-hydrogen) atoms. The highest BCUT2D eigenvalue weighted by Gasteiger charge is 1.90. The molecule has 0 saturated heterocycles. The summed E-state index contributed by atoms with van der Waals surface area (Å²) in [5.74, 6) is -0.833. The third kappa shape index (κ3) is 51.7. The fraction of sp³-hybridized carbons (Fsp3) is 0.950. The van der Waals surface area contributed by atoms with E-state index in [1.54, 1.807) is 0 Å². The molecule has 7 heteroatoms. The van der Waals surface area contributed by atoms with Crippen LogP contribution in [-0.2, 0) is 19.0 Å². The molecule has 166 valence electrons. The molecule has 0 aliphatic carbocycles. The lowest BCUT2D eigenvalue weighted by Gasteiger charge is -2.03. The second-order valence-electron chi connectivity index (χ2n) is 5.92. The summed E-state index contributed by atoms with van der Waals surface area (Å²) < 4.78 is 15.3. The van der Waals surface area contributed by atoms with Crippen molar-refractivity contribution < 1.29 is 34.3 Å². The van der Waals surface area contributed by atoms with Crippen LogP contribution < -0.4 is 0 Å². The van der Waals surface area contributed by atoms with E-state index in [0.717, 1.165) is 20.1 Å². The number of aliphatic carboxylic acids is 1. The molecule has 0 rings (SSSR count). The van der Waals surface area contributed by atoms with Crippen molar-refractivity contribution in [1.29, 1.82) is 0 Å². The molecular formula is C20H44O7. The molecule has 0 aromatic carbocycles. The normalized spacial score (nSPS) is 9.81. The molecule has 0 amide bonds. The van der Waals surface area contributed by atoms with Crippen LogP contribution in [0.4, 0.5) is 0 Å². The van der Waals surface area contributed by atoms with Gasteiger partial charge in [0, 0.05) is 20.1 Å². The minimum Gasteiger partial charge on any atom is -0.481 e. The summed E-state index contributed by atoms with van der Waals surface area (Å²) in [5, 5.41) is 23.9. The van der Waals surface area contributed by atoms with Gasteiger partial charge in [0.05, 0.1) is 39.6 Å². The van der Waals surface area contributed by atoms with Crippen LogP contribution in [0.3, 0.4) is 0 Å². The number of unbranched alkanes of at least 4 members (excludes halogenated alkanes) is 6. The van der Waals surface area contributed by atoms with Gasteiger partial charge in [-0.15, -0.1) is 0 Å². The van der Waals surface area contributed by atoms with Gasteiger partial charge in [-0.1, -0.05) is 52.4 Å². The predicted octanol–water partition coefficient (Wildman–Crippen LogP) is 3.26. The van der Waals surface area contributed by atoms with Crippen molar-refractivity contribution >= 4 is 5.97 Å². The lowest BCUT2D eigenvalue weighted by Crippen LogP contribution is -2.09. The molecule has 0 fully saturated rings. The first-order chi connectivity index (χ1) is 13.1. The maximum Gasteiger partial charge on any atom is 0.300 e. The van der Waals surface area contributed by atoms with Gasteiger partial charge in [-0.3, -0.25) is 4.79 Å². The maximum atomic E-state index is 9.00. The van der Waals surface area contributed by atoms with E-state index in [1.807, 2.05) is 0 Å². The minimum atomic E-state index is -0.833. The van der Waals surface area contributed by atoms with Gasteiger partial charge in [0.2, 0.25) is 0 Å². The Morgan fingerprint density at radius 1 is 0.630 bits per heavy atom. The molecule has 0 atom stereocenters. The van der Waals surface area contributed by atoms with Crippen LogP contribution in [0.15, 0.2) is 0 Å². The molecule has 0 saturated carbocycles. The smallest absolute Gasteiger partial charge is 0.300 e. The summed E-state index contributed by atoms with van der Waals surface area (Å²) in [6, 6.07) is 0. The summed E-state index contributed by atoms with van der Waals surface area (Å²) >= 11 is 0. The van der Waals surface area contributed by atoms with Gasteiger partial charge in [0.25, 0.3) is 5.97 Å². The molecular weight excluding hydrogens is 352 g/mol. The molecule has 0 radical (unpaired) electrons. The maximum absolute atomic E-state index is 9.00. The van der Waals surface area contributed by atoms with Crippen LogP contribution in [0.2, 0.25) is 0 Å². The average molecular weight is 397 g/mol. The van der Waals surface area contributed by atoms with Crippen molar-refractivity contribution in [1.82, 2.24) is 0 Å². The van der Waals surface area contributed by atoms with Crippen molar-refractivity contribution in [2.75, 3.05) is 52.9 Å². The summed E-state index contributed by atoms with van der Waals surface area (Å²) in [5.41, 5.74) is 0. The number of carbonyl (C=O) groups is 1. The predicted molar refractivity (Wildman–Crippen MR) is 108 cm³/mol. The van der Waals surface area contributed by atoms with Gasteiger partial charge >= 0.3 is 0 Å². The molecule has 0 aromatic rings. The van der Waals surface area contributed by atoms with E-state index in [0.29, 0.717) is 26.4 Å². The van der Waals surface area contributed by atoms with E-state index in [9.17, 15) is 0 Å². The number of aliphatic hydroxyl groups is 2. The Balaban J connectivity index is -0.000000364. The van der Waals surface area contributed by atoms with E-state index >= 15 is 0 Å². The Kier molecular flexibility index (Phi) is 37.8. The number of ether oxygens (including phenoxy) is 3. The number of aliphatic hydroxyl groups excluding tert-OH is 2. The summed E-state index contributed by atoms with van der Waals surface area (Å²) in [6.45, 7) is 9.25. The highest BCUT2D eigenvalue weighted by molar-refractivity contribution is 5.62. The van der Waals surface area contributed by atoms with Crippen LogP contribution in [0.5, 0.6) is 0 Å². The SMILES string of the molecule is CC(=O)O.CCCCCCOCCCCCC.OCCOCCOCCO. The second kappa shape index (κ2) is 32.9. The molecule has 7 nitrogen and oxygen atoms in total. The third-order valence-electron chi connectivity index (χ3n) is 3.13. The zero-order valence-electron chi connectivity index (χ0n) is 17.8. The Morgan fingerprint density at radius 2 is 0.963 bits per heavy atom. The first-order valence-electron chi connectivity index (χ1n) is 10.2. The van der Waals surface area contributed by atoms with Crippen LogP contribution in [0.1, 0.15) is 72.1 Å². The Labute approximate surface area is 166 Å². The molecule has 0 spiro atoms. The fourth-order valence-electron chi connectivity index (χ4n) is 1.81. The van der Waals surface area contributed by atoms with Gasteiger partial charge in [0.15, 0.2) is 0 Å². The lowest BCUT2D eigenvalue weighted by molar-refractivity contribution is -0.134. The summed E-state index contributed by atoms with van der Waals surface area (Å²) in [4.78, 5) is 9.00. The van der Waals surface area contributed by atoms with Crippen molar-refractivity contribution in [3.05, 3.63) is 0 Å². The van der Waals surface area contributed by atoms with Crippen LogP contribution in [-0.4, -0.2) is 74.1 Å². The van der Waals surface area contributed by atoms with Gasteiger partial charge in [-0.05, 0) is 12.8 Å². The van der Waals surface area contributed by atoms with Gasteiger partial charge in [-0.25, -0.2) is 0 Å². The van der Waals surface area contributed by atoms with E-state index in [2.05, 4.69) is 13.8 Å². The van der Waals surface area contributed by atoms with Crippen LogP contribution in [0, 0.1) is 0 Å². The van der Waals surface area contributed by atoms with Gasteiger partial charge in [0.1, 0.15) is 0 Å². The topological polar surface area (TPSA) is 105 Å². The fourth-order valence-corrected chi connectivity index (χ4v) is 1.81. The van der Waals surface area contributed by atoms with Crippen LogP contribution in [0.25, 0.3) is 0 Å². The van der Waals surface area contributed by atoms with E-state index in [1.165, 1.54) is 51.4 Å². The third-order valence-corrected chi connectivity index (χ3v) is 3.13. The first-order valence-corrected chi connectivity index (χ1v) is 10.2.